The van der Waals surface area contributed by atoms with Crippen LogP contribution in [0.25, 0.3) is 5.82 Å². The molecule has 2 N–H and O–H groups in total. The molecule has 0 amide bonds. The maximum atomic E-state index is 5.61. The van der Waals surface area contributed by atoms with Gasteiger partial charge >= 0.3 is 0 Å². The van der Waals surface area contributed by atoms with Crippen LogP contribution >= 0.6 is 12.2 Å². The van der Waals surface area contributed by atoms with Crippen LogP contribution in [0.3, 0.4) is 0 Å². The van der Waals surface area contributed by atoms with Gasteiger partial charge in [-0.1, -0.05) is 12.2 Å². The highest BCUT2D eigenvalue weighted by molar-refractivity contribution is 7.80. The largest absolute Gasteiger partial charge is 0.389 e. The van der Waals surface area contributed by atoms with Crippen molar-refractivity contribution in [3.63, 3.8) is 0 Å². The molecule has 4 nitrogen and oxygen atoms in total. The van der Waals surface area contributed by atoms with Crippen LogP contribution < -0.4 is 5.73 Å². The van der Waals surface area contributed by atoms with Gasteiger partial charge in [0.25, 0.3) is 0 Å². The highest BCUT2D eigenvalue weighted by atomic mass is 32.1. The first kappa shape index (κ1) is 10.8. The number of hydrogen-bond acceptors (Lipinski definition) is 3. The number of hydrogen-bond donors (Lipinski definition) is 1. The van der Waals surface area contributed by atoms with Crippen LogP contribution in [0.1, 0.15) is 16.8 Å². The molecule has 0 aromatic carbocycles. The summed E-state index contributed by atoms with van der Waals surface area (Å²) in [6.07, 6.45) is 3.69. The minimum atomic E-state index is 0.371. The van der Waals surface area contributed by atoms with Crippen molar-refractivity contribution in [2.24, 2.45) is 5.73 Å². The van der Waals surface area contributed by atoms with Gasteiger partial charge in [0.15, 0.2) is 5.82 Å². The summed E-state index contributed by atoms with van der Waals surface area (Å²) in [5, 5.41) is 4.20. The van der Waals surface area contributed by atoms with Gasteiger partial charge in [0.1, 0.15) is 4.99 Å². The highest BCUT2D eigenvalue weighted by Crippen LogP contribution is 2.10. The SMILES string of the molecule is Cc1cnn(-c2cc(C(N)=S)cc(C)n2)c1. The van der Waals surface area contributed by atoms with Crippen molar-refractivity contribution in [2.75, 3.05) is 0 Å². The van der Waals surface area contributed by atoms with Crippen molar-refractivity contribution in [3.8, 4) is 5.82 Å². The molecule has 5 heteroatoms. The van der Waals surface area contributed by atoms with Crippen molar-refractivity contribution < 1.29 is 0 Å². The Hall–Kier alpha value is -1.75. The Bertz CT molecular complexity index is 545. The third-order valence-corrected chi connectivity index (χ3v) is 2.41. The van der Waals surface area contributed by atoms with Crippen LogP contribution in [-0.2, 0) is 0 Å². The molecule has 0 aliphatic heterocycles. The van der Waals surface area contributed by atoms with Gasteiger partial charge in [-0.15, -0.1) is 0 Å². The van der Waals surface area contributed by atoms with Gasteiger partial charge in [0.2, 0.25) is 0 Å². The molecule has 0 aliphatic rings. The van der Waals surface area contributed by atoms with Crippen LogP contribution in [0, 0.1) is 13.8 Å². The predicted octanol–water partition coefficient (Wildman–Crippen LogP) is 1.52. The number of aromatic nitrogens is 3. The van der Waals surface area contributed by atoms with Crippen molar-refractivity contribution in [1.29, 1.82) is 0 Å². The number of thiocarbonyl (C=S) groups is 1. The minimum Gasteiger partial charge on any atom is -0.389 e. The molecule has 0 atom stereocenters. The van der Waals surface area contributed by atoms with Crippen LogP contribution in [0.4, 0.5) is 0 Å². The fourth-order valence-corrected chi connectivity index (χ4v) is 1.57. The third-order valence-electron chi connectivity index (χ3n) is 2.17. The normalized spacial score (nSPS) is 10.4. The fraction of sp³-hybridized carbons (Fsp3) is 0.182. The minimum absolute atomic E-state index is 0.371. The van der Waals surface area contributed by atoms with E-state index < -0.39 is 0 Å². The number of aryl methyl sites for hydroxylation is 2. The molecule has 0 unspecified atom stereocenters. The molecule has 2 aromatic rings. The van der Waals surface area contributed by atoms with E-state index in [2.05, 4.69) is 10.1 Å². The van der Waals surface area contributed by atoms with Crippen molar-refractivity contribution >= 4 is 17.2 Å². The number of rotatable bonds is 2. The molecule has 82 valence electrons. The quantitative estimate of drug-likeness (QED) is 0.798. The average molecular weight is 232 g/mol. The summed E-state index contributed by atoms with van der Waals surface area (Å²) in [6.45, 7) is 3.88. The van der Waals surface area contributed by atoms with E-state index in [9.17, 15) is 0 Å². The van der Waals surface area contributed by atoms with Gasteiger partial charge in [-0.25, -0.2) is 9.67 Å². The van der Waals surface area contributed by atoms with E-state index in [0.29, 0.717) is 4.99 Å². The molecule has 0 aliphatic carbocycles. The van der Waals surface area contributed by atoms with E-state index >= 15 is 0 Å². The molecule has 2 rings (SSSR count). The fourth-order valence-electron chi connectivity index (χ4n) is 1.45. The van der Waals surface area contributed by atoms with E-state index in [1.54, 1.807) is 10.9 Å². The van der Waals surface area contributed by atoms with Crippen LogP contribution in [-0.4, -0.2) is 19.8 Å². The predicted molar refractivity (Wildman–Crippen MR) is 66.7 cm³/mol. The first-order chi connectivity index (χ1) is 7.56. The van der Waals surface area contributed by atoms with E-state index in [1.165, 1.54) is 0 Å². The Labute approximate surface area is 99.1 Å². The highest BCUT2D eigenvalue weighted by Gasteiger charge is 2.05. The van der Waals surface area contributed by atoms with Crippen molar-refractivity contribution in [2.45, 2.75) is 13.8 Å². The van der Waals surface area contributed by atoms with Gasteiger partial charge in [-0.05, 0) is 31.5 Å². The molecule has 0 saturated carbocycles. The van der Waals surface area contributed by atoms with E-state index in [-0.39, 0.29) is 0 Å². The topological polar surface area (TPSA) is 56.7 Å². The lowest BCUT2D eigenvalue weighted by Gasteiger charge is -2.05. The first-order valence-electron chi connectivity index (χ1n) is 4.86. The van der Waals surface area contributed by atoms with E-state index in [1.807, 2.05) is 32.2 Å². The monoisotopic (exact) mass is 232 g/mol. The van der Waals surface area contributed by atoms with E-state index in [0.717, 1.165) is 22.6 Å². The summed E-state index contributed by atoms with van der Waals surface area (Å²) in [6, 6.07) is 3.70. The van der Waals surface area contributed by atoms with Gasteiger partial charge < -0.3 is 5.73 Å². The molecule has 2 aromatic heterocycles. The van der Waals surface area contributed by atoms with Crippen molar-refractivity contribution in [3.05, 3.63) is 41.3 Å². The molecule has 0 bridgehead atoms. The second kappa shape index (κ2) is 4.02. The summed E-state index contributed by atoms with van der Waals surface area (Å²) in [5.74, 6) is 0.732. The van der Waals surface area contributed by atoms with Gasteiger partial charge in [0.05, 0.1) is 6.20 Å². The zero-order chi connectivity index (χ0) is 11.7. The lowest BCUT2D eigenvalue weighted by atomic mass is 10.2. The molecule has 2 heterocycles. The maximum Gasteiger partial charge on any atom is 0.154 e. The molecule has 0 fully saturated rings. The first-order valence-corrected chi connectivity index (χ1v) is 5.27. The van der Waals surface area contributed by atoms with Gasteiger partial charge in [-0.2, -0.15) is 5.10 Å². The Balaban J connectivity index is 2.53. The molecular weight excluding hydrogens is 220 g/mol. The van der Waals surface area contributed by atoms with Crippen LogP contribution in [0.15, 0.2) is 24.5 Å². The number of nitrogens with two attached hydrogens (primary N) is 1. The lowest BCUT2D eigenvalue weighted by molar-refractivity contribution is 0.840. The third kappa shape index (κ3) is 2.09. The van der Waals surface area contributed by atoms with Crippen molar-refractivity contribution in [1.82, 2.24) is 14.8 Å². The smallest absolute Gasteiger partial charge is 0.154 e. The Morgan fingerprint density at radius 2 is 2.12 bits per heavy atom. The molecule has 0 radical (unpaired) electrons. The second-order valence-electron chi connectivity index (χ2n) is 3.68. The van der Waals surface area contributed by atoms with Crippen LogP contribution in [0.5, 0.6) is 0 Å². The molecule has 0 saturated heterocycles. The molecule has 0 spiro atoms. The van der Waals surface area contributed by atoms with Gasteiger partial charge in [0, 0.05) is 17.5 Å². The van der Waals surface area contributed by atoms with Crippen LogP contribution in [0.2, 0.25) is 0 Å². The summed E-state index contributed by atoms with van der Waals surface area (Å²) < 4.78 is 1.71. The standard InChI is InChI=1S/C11H12N4S/c1-7-5-13-15(6-7)10-4-9(11(12)16)3-8(2)14-10/h3-6H,1-2H3,(H2,12,16). The Kier molecular flexibility index (Phi) is 2.70. The number of nitrogens with zero attached hydrogens (tertiary/aromatic N) is 3. The maximum absolute atomic E-state index is 5.61. The summed E-state index contributed by atoms with van der Waals surface area (Å²) in [5.41, 5.74) is 8.37. The zero-order valence-corrected chi connectivity index (χ0v) is 9.95. The van der Waals surface area contributed by atoms with Gasteiger partial charge in [-0.3, -0.25) is 0 Å². The Morgan fingerprint density at radius 1 is 1.38 bits per heavy atom. The zero-order valence-electron chi connectivity index (χ0n) is 9.14. The Morgan fingerprint density at radius 3 is 2.69 bits per heavy atom. The number of pyridine rings is 1. The second-order valence-corrected chi connectivity index (χ2v) is 4.12. The summed E-state index contributed by atoms with van der Waals surface area (Å²) in [4.78, 5) is 4.76. The summed E-state index contributed by atoms with van der Waals surface area (Å²) >= 11 is 4.96. The average Bonchev–Trinajstić information content (AvgIpc) is 2.64. The molecule has 16 heavy (non-hydrogen) atoms. The van der Waals surface area contributed by atoms with E-state index in [4.69, 9.17) is 18.0 Å². The molecular formula is C11H12N4S. The summed E-state index contributed by atoms with van der Waals surface area (Å²) in [7, 11) is 0. The lowest BCUT2D eigenvalue weighted by Crippen LogP contribution is -2.11.